The quantitative estimate of drug-likeness (QED) is 0.636. The molecule has 0 fully saturated rings. The average molecular weight is 461 g/mol. The van der Waals surface area contributed by atoms with Crippen molar-refractivity contribution in [2.75, 3.05) is 17.9 Å². The third kappa shape index (κ3) is 6.43. The van der Waals surface area contributed by atoms with E-state index in [0.717, 1.165) is 18.2 Å². The van der Waals surface area contributed by atoms with E-state index in [1.54, 1.807) is 0 Å². The number of hydrogen-bond donors (Lipinski definition) is 1. The summed E-state index contributed by atoms with van der Waals surface area (Å²) < 4.78 is 112. The molecule has 0 saturated heterocycles. The largest absolute Gasteiger partial charge is 0.484 e. The molecule has 0 saturated carbocycles. The van der Waals surface area contributed by atoms with Gasteiger partial charge in [-0.15, -0.1) is 0 Å². The number of aryl methyl sites for hydroxylation is 2. The Morgan fingerprint density at radius 1 is 0.967 bits per heavy atom. The van der Waals surface area contributed by atoms with Gasteiger partial charge in [0.05, 0.1) is 17.1 Å². The van der Waals surface area contributed by atoms with Crippen LogP contribution in [-0.2, 0) is 17.1 Å². The fourth-order valence-corrected chi connectivity index (χ4v) is 3.96. The van der Waals surface area contributed by atoms with Gasteiger partial charge in [-0.1, -0.05) is 0 Å². The zero-order valence-corrected chi connectivity index (χ0v) is 16.7. The number of alkyl halides is 6. The minimum Gasteiger partial charge on any atom is -0.484 e. The Labute approximate surface area is 167 Å². The summed E-state index contributed by atoms with van der Waals surface area (Å²) in [6, 6.07) is 2.57. The molecule has 2 rings (SSSR count). The molecule has 0 aliphatic heterocycles. The predicted octanol–water partition coefficient (Wildman–Crippen LogP) is 3.72. The molecule has 0 atom stereocenters. The fraction of sp³-hybridized carbons (Fsp3) is 0.438. The molecule has 1 aromatic carbocycles. The molecule has 30 heavy (non-hydrogen) atoms. The van der Waals surface area contributed by atoms with Crippen LogP contribution in [0.25, 0.3) is 0 Å². The number of nitrogens with one attached hydrogen (secondary N) is 1. The van der Waals surface area contributed by atoms with Crippen LogP contribution in [0.1, 0.15) is 11.4 Å². The van der Waals surface area contributed by atoms with E-state index in [-0.39, 0.29) is 22.0 Å². The van der Waals surface area contributed by atoms with Crippen LogP contribution in [-0.4, -0.2) is 43.8 Å². The second kappa shape index (κ2) is 8.24. The lowest BCUT2D eigenvalue weighted by Gasteiger charge is -2.15. The van der Waals surface area contributed by atoms with Crippen molar-refractivity contribution in [3.05, 3.63) is 29.6 Å². The molecule has 0 aliphatic carbocycles. The van der Waals surface area contributed by atoms with Crippen LogP contribution in [0.4, 0.5) is 32.0 Å². The summed E-state index contributed by atoms with van der Waals surface area (Å²) in [4.78, 5) is -0.177. The van der Waals surface area contributed by atoms with E-state index in [1.165, 1.54) is 25.6 Å². The lowest BCUT2D eigenvalue weighted by Crippen LogP contribution is -2.21. The summed E-state index contributed by atoms with van der Waals surface area (Å²) in [5, 5.41) is 3.96. The van der Waals surface area contributed by atoms with Gasteiger partial charge in [0, 0.05) is 25.2 Å². The second-order valence-corrected chi connectivity index (χ2v) is 7.85. The van der Waals surface area contributed by atoms with E-state index in [9.17, 15) is 34.8 Å². The normalized spacial score (nSPS) is 12.7. The highest BCUT2D eigenvalue weighted by molar-refractivity contribution is 7.92. The molecule has 14 heteroatoms. The van der Waals surface area contributed by atoms with E-state index in [0.29, 0.717) is 0 Å². The van der Waals surface area contributed by atoms with Crippen LogP contribution in [0.3, 0.4) is 0 Å². The molecule has 2 aromatic rings. The van der Waals surface area contributed by atoms with Crippen molar-refractivity contribution in [2.24, 2.45) is 7.05 Å². The lowest BCUT2D eigenvalue weighted by atomic mass is 10.3. The molecule has 0 aliphatic rings. The zero-order valence-electron chi connectivity index (χ0n) is 15.8. The third-order valence-electron chi connectivity index (χ3n) is 3.65. The highest BCUT2D eigenvalue weighted by Gasteiger charge is 2.30. The van der Waals surface area contributed by atoms with Gasteiger partial charge >= 0.3 is 12.4 Å². The first kappa shape index (κ1) is 23.6. The summed E-state index contributed by atoms with van der Waals surface area (Å²) in [6.07, 6.45) is -9.43. The Balaban J connectivity index is 2.39. The molecule has 1 N–H and O–H groups in total. The number of benzene rings is 1. The van der Waals surface area contributed by atoms with Crippen molar-refractivity contribution in [2.45, 2.75) is 31.1 Å². The third-order valence-corrected chi connectivity index (χ3v) is 5.28. The Morgan fingerprint density at radius 3 is 1.80 bits per heavy atom. The molecule has 0 bridgehead atoms. The van der Waals surface area contributed by atoms with E-state index in [1.807, 2.05) is 0 Å². The Morgan fingerprint density at radius 2 is 1.43 bits per heavy atom. The van der Waals surface area contributed by atoms with Crippen molar-refractivity contribution in [1.29, 1.82) is 0 Å². The number of hydrogen-bond acceptors (Lipinski definition) is 5. The van der Waals surface area contributed by atoms with Crippen molar-refractivity contribution in [1.82, 2.24) is 9.78 Å². The molecule has 0 amide bonds. The van der Waals surface area contributed by atoms with Crippen LogP contribution in [0.5, 0.6) is 11.5 Å². The van der Waals surface area contributed by atoms with E-state index < -0.39 is 47.1 Å². The zero-order chi connectivity index (χ0) is 22.9. The van der Waals surface area contributed by atoms with E-state index in [2.05, 4.69) is 19.3 Å². The van der Waals surface area contributed by atoms with Crippen molar-refractivity contribution >= 4 is 15.7 Å². The van der Waals surface area contributed by atoms with Crippen molar-refractivity contribution < 1.29 is 44.2 Å². The molecular weight excluding hydrogens is 444 g/mol. The molecule has 168 valence electrons. The first-order valence-electron chi connectivity index (χ1n) is 8.14. The highest BCUT2D eigenvalue weighted by atomic mass is 32.2. The Hall–Kier alpha value is -2.64. The maximum atomic E-state index is 12.7. The minimum atomic E-state index is -4.72. The molecule has 7 nitrogen and oxygen atoms in total. The van der Waals surface area contributed by atoms with Gasteiger partial charge in [-0.05, 0) is 13.8 Å². The number of ether oxygens (including phenoxy) is 2. The maximum absolute atomic E-state index is 12.7. The monoisotopic (exact) mass is 461 g/mol. The van der Waals surface area contributed by atoms with E-state index >= 15 is 0 Å². The van der Waals surface area contributed by atoms with Crippen LogP contribution < -0.4 is 14.2 Å². The molecule has 1 heterocycles. The molecule has 1 aromatic heterocycles. The van der Waals surface area contributed by atoms with Gasteiger partial charge in [0.15, 0.2) is 13.2 Å². The molecule has 0 radical (unpaired) electrons. The van der Waals surface area contributed by atoms with Crippen LogP contribution in [0.2, 0.25) is 0 Å². The van der Waals surface area contributed by atoms with Gasteiger partial charge in [0.25, 0.3) is 10.0 Å². The number of nitrogens with zero attached hydrogens (tertiary/aromatic N) is 2. The minimum absolute atomic E-state index is 0.153. The summed E-state index contributed by atoms with van der Waals surface area (Å²) in [7, 11) is -2.75. The Bertz CT molecular complexity index is 979. The predicted molar refractivity (Wildman–Crippen MR) is 93.0 cm³/mol. The molecule has 0 spiro atoms. The van der Waals surface area contributed by atoms with Crippen LogP contribution in [0, 0.1) is 13.8 Å². The lowest BCUT2D eigenvalue weighted by molar-refractivity contribution is -0.153. The number of halogens is 6. The average Bonchev–Trinajstić information content (AvgIpc) is 2.82. The Kier molecular flexibility index (Phi) is 6.49. The standard InChI is InChI=1S/C16H17F6N3O4S/c1-9-14(10(2)25(3)23-9)30(26,27)24-11-4-12(28-7-15(17,18)19)6-13(5-11)29-8-16(20,21)22/h4-6,24H,7-8H2,1-3H3. The van der Waals surface area contributed by atoms with Gasteiger partial charge < -0.3 is 9.47 Å². The van der Waals surface area contributed by atoms with Gasteiger partial charge in [-0.25, -0.2) is 8.42 Å². The van der Waals surface area contributed by atoms with Gasteiger partial charge in [0.2, 0.25) is 0 Å². The van der Waals surface area contributed by atoms with Crippen LogP contribution >= 0.6 is 0 Å². The maximum Gasteiger partial charge on any atom is 0.422 e. The fourth-order valence-electron chi connectivity index (χ4n) is 2.48. The van der Waals surface area contributed by atoms with Crippen LogP contribution in [0.15, 0.2) is 23.1 Å². The first-order chi connectivity index (χ1) is 13.6. The summed E-state index contributed by atoms with van der Waals surface area (Å²) in [5.74, 6) is -1.08. The van der Waals surface area contributed by atoms with Gasteiger partial charge in [-0.2, -0.15) is 31.4 Å². The summed E-state index contributed by atoms with van der Waals surface area (Å²) >= 11 is 0. The first-order valence-corrected chi connectivity index (χ1v) is 9.63. The second-order valence-electron chi connectivity index (χ2n) is 6.23. The molecule has 0 unspecified atom stereocenters. The highest BCUT2D eigenvalue weighted by Crippen LogP contribution is 2.31. The topological polar surface area (TPSA) is 82.5 Å². The van der Waals surface area contributed by atoms with E-state index in [4.69, 9.17) is 0 Å². The number of aromatic nitrogens is 2. The van der Waals surface area contributed by atoms with Crippen molar-refractivity contribution in [3.63, 3.8) is 0 Å². The van der Waals surface area contributed by atoms with Gasteiger partial charge in [0.1, 0.15) is 16.4 Å². The number of rotatable bonds is 7. The smallest absolute Gasteiger partial charge is 0.422 e. The van der Waals surface area contributed by atoms with Gasteiger partial charge in [-0.3, -0.25) is 9.40 Å². The number of anilines is 1. The molecular formula is C16H17F6N3O4S. The summed E-state index contributed by atoms with van der Waals surface area (Å²) in [6.45, 7) is -0.553. The summed E-state index contributed by atoms with van der Waals surface area (Å²) in [5.41, 5.74) is 0.0769. The van der Waals surface area contributed by atoms with Crippen molar-refractivity contribution in [3.8, 4) is 11.5 Å². The SMILES string of the molecule is Cc1nn(C)c(C)c1S(=O)(=O)Nc1cc(OCC(F)(F)F)cc(OCC(F)(F)F)c1. The number of sulfonamides is 1.